The number of amides is 1. The van der Waals surface area contributed by atoms with Gasteiger partial charge in [0.25, 0.3) is 0 Å². The summed E-state index contributed by atoms with van der Waals surface area (Å²) in [6.07, 6.45) is 0.896. The Morgan fingerprint density at radius 2 is 1.82 bits per heavy atom. The summed E-state index contributed by atoms with van der Waals surface area (Å²) in [5, 5.41) is 0. The second kappa shape index (κ2) is 4.88. The molecule has 0 aromatic heterocycles. The van der Waals surface area contributed by atoms with Gasteiger partial charge in [0.2, 0.25) is 5.91 Å². The number of rotatable bonds is 4. The Morgan fingerprint density at radius 3 is 2.09 bits per heavy atom. The van der Waals surface area contributed by atoms with Crippen LogP contribution in [0.5, 0.6) is 0 Å². The number of nitrogens with zero attached hydrogens (tertiary/aromatic N) is 1. The standard InChI is InChI=1S/C8H15NO2/c1-4-5-9(8(3)11)6-7(2)10/h4-6H2,1-3H3. The molecule has 0 bridgehead atoms. The predicted octanol–water partition coefficient (Wildman–Crippen LogP) is 0.834. The van der Waals surface area contributed by atoms with Crippen LogP contribution in [0.25, 0.3) is 0 Å². The van der Waals surface area contributed by atoms with Gasteiger partial charge in [-0.1, -0.05) is 6.92 Å². The predicted molar refractivity (Wildman–Crippen MR) is 43.2 cm³/mol. The maximum Gasteiger partial charge on any atom is 0.219 e. The first kappa shape index (κ1) is 10.1. The number of hydrogen-bond donors (Lipinski definition) is 0. The number of hydrogen-bond acceptors (Lipinski definition) is 2. The van der Waals surface area contributed by atoms with Gasteiger partial charge in [-0.3, -0.25) is 9.59 Å². The molecule has 3 nitrogen and oxygen atoms in total. The van der Waals surface area contributed by atoms with Crippen LogP contribution in [-0.4, -0.2) is 29.7 Å². The Morgan fingerprint density at radius 1 is 1.27 bits per heavy atom. The zero-order valence-corrected chi connectivity index (χ0v) is 7.39. The summed E-state index contributed by atoms with van der Waals surface area (Å²) in [7, 11) is 0. The largest absolute Gasteiger partial charge is 0.336 e. The smallest absolute Gasteiger partial charge is 0.219 e. The van der Waals surface area contributed by atoms with Crippen LogP contribution in [0.1, 0.15) is 27.2 Å². The molecule has 0 rings (SSSR count). The molecule has 0 radical (unpaired) electrons. The van der Waals surface area contributed by atoms with E-state index >= 15 is 0 Å². The molecule has 0 aromatic rings. The molecule has 0 aliphatic heterocycles. The minimum Gasteiger partial charge on any atom is -0.336 e. The van der Waals surface area contributed by atoms with Crippen molar-refractivity contribution < 1.29 is 9.59 Å². The van der Waals surface area contributed by atoms with Gasteiger partial charge in [-0.15, -0.1) is 0 Å². The maximum atomic E-state index is 10.8. The zero-order chi connectivity index (χ0) is 8.85. The summed E-state index contributed by atoms with van der Waals surface area (Å²) in [6.45, 7) is 5.89. The highest BCUT2D eigenvalue weighted by molar-refractivity contribution is 5.83. The van der Waals surface area contributed by atoms with E-state index in [2.05, 4.69) is 0 Å². The Bertz CT molecular complexity index is 154. The van der Waals surface area contributed by atoms with Crippen molar-refractivity contribution in [2.24, 2.45) is 0 Å². The molecule has 0 N–H and O–H groups in total. The zero-order valence-electron chi connectivity index (χ0n) is 7.39. The number of carbonyl (C=O) groups excluding carboxylic acids is 2. The van der Waals surface area contributed by atoms with E-state index in [0.717, 1.165) is 6.42 Å². The van der Waals surface area contributed by atoms with Crippen LogP contribution in [0, 0.1) is 0 Å². The van der Waals surface area contributed by atoms with Crippen molar-refractivity contribution in [2.75, 3.05) is 13.1 Å². The molecule has 64 valence electrons. The fraction of sp³-hybridized carbons (Fsp3) is 0.750. The number of carbonyl (C=O) groups is 2. The Labute approximate surface area is 67.4 Å². The first-order chi connectivity index (χ1) is 5.07. The SMILES string of the molecule is CCCN(CC(C)=O)C(C)=O. The van der Waals surface area contributed by atoms with Crippen LogP contribution in [0.15, 0.2) is 0 Å². The molecular weight excluding hydrogens is 142 g/mol. The van der Waals surface area contributed by atoms with Crippen molar-refractivity contribution in [2.45, 2.75) is 27.2 Å². The third-order valence-electron chi connectivity index (χ3n) is 1.35. The first-order valence-electron chi connectivity index (χ1n) is 3.82. The van der Waals surface area contributed by atoms with E-state index in [0.29, 0.717) is 6.54 Å². The lowest BCUT2D eigenvalue weighted by molar-refractivity contribution is -0.133. The van der Waals surface area contributed by atoms with E-state index in [9.17, 15) is 9.59 Å². The van der Waals surface area contributed by atoms with Crippen molar-refractivity contribution in [3.8, 4) is 0 Å². The molecule has 0 unspecified atom stereocenters. The highest BCUT2D eigenvalue weighted by Crippen LogP contribution is 1.92. The minimum atomic E-state index is -0.0259. The van der Waals surface area contributed by atoms with Crippen LogP contribution in [0.2, 0.25) is 0 Å². The van der Waals surface area contributed by atoms with Gasteiger partial charge in [0.15, 0.2) is 0 Å². The number of ketones is 1. The van der Waals surface area contributed by atoms with Gasteiger partial charge in [0, 0.05) is 13.5 Å². The van der Waals surface area contributed by atoms with Crippen LogP contribution >= 0.6 is 0 Å². The van der Waals surface area contributed by atoms with Crippen LogP contribution < -0.4 is 0 Å². The van der Waals surface area contributed by atoms with E-state index in [1.807, 2.05) is 6.92 Å². The van der Waals surface area contributed by atoms with Crippen molar-refractivity contribution in [1.29, 1.82) is 0 Å². The molecule has 3 heteroatoms. The summed E-state index contributed by atoms with van der Waals surface area (Å²) in [5.74, 6) is 0.00991. The summed E-state index contributed by atoms with van der Waals surface area (Å²) in [6, 6.07) is 0. The highest BCUT2D eigenvalue weighted by Gasteiger charge is 2.08. The molecule has 0 heterocycles. The Balaban J connectivity index is 3.89. The van der Waals surface area contributed by atoms with Gasteiger partial charge in [0.1, 0.15) is 5.78 Å². The molecule has 0 saturated heterocycles. The molecule has 0 aromatic carbocycles. The second-order valence-corrected chi connectivity index (χ2v) is 2.64. The lowest BCUT2D eigenvalue weighted by Crippen LogP contribution is -2.33. The normalized spacial score (nSPS) is 9.36. The fourth-order valence-corrected chi connectivity index (χ4v) is 0.887. The van der Waals surface area contributed by atoms with Crippen molar-refractivity contribution in [1.82, 2.24) is 4.90 Å². The molecular formula is C8H15NO2. The van der Waals surface area contributed by atoms with E-state index in [4.69, 9.17) is 0 Å². The van der Waals surface area contributed by atoms with E-state index in [1.165, 1.54) is 13.8 Å². The summed E-state index contributed by atoms with van der Waals surface area (Å²) < 4.78 is 0. The van der Waals surface area contributed by atoms with Crippen molar-refractivity contribution in [3.05, 3.63) is 0 Å². The van der Waals surface area contributed by atoms with Gasteiger partial charge < -0.3 is 4.90 Å². The topological polar surface area (TPSA) is 37.4 Å². The lowest BCUT2D eigenvalue weighted by Gasteiger charge is -2.17. The van der Waals surface area contributed by atoms with Gasteiger partial charge in [-0.25, -0.2) is 0 Å². The summed E-state index contributed by atoms with van der Waals surface area (Å²) in [5.41, 5.74) is 0. The molecule has 1 amide bonds. The molecule has 0 spiro atoms. The first-order valence-corrected chi connectivity index (χ1v) is 3.82. The molecule has 0 aliphatic rings. The van der Waals surface area contributed by atoms with Gasteiger partial charge in [-0.2, -0.15) is 0 Å². The summed E-state index contributed by atoms with van der Waals surface area (Å²) >= 11 is 0. The third-order valence-corrected chi connectivity index (χ3v) is 1.35. The quantitative estimate of drug-likeness (QED) is 0.606. The average Bonchev–Trinajstić information content (AvgIpc) is 1.86. The van der Waals surface area contributed by atoms with Gasteiger partial charge in [-0.05, 0) is 13.3 Å². The van der Waals surface area contributed by atoms with E-state index in [-0.39, 0.29) is 18.2 Å². The fourth-order valence-electron chi connectivity index (χ4n) is 0.887. The molecule has 0 atom stereocenters. The second-order valence-electron chi connectivity index (χ2n) is 2.64. The average molecular weight is 157 g/mol. The van der Waals surface area contributed by atoms with Gasteiger partial charge in [0.05, 0.1) is 6.54 Å². The Kier molecular flexibility index (Phi) is 4.50. The molecule has 11 heavy (non-hydrogen) atoms. The monoisotopic (exact) mass is 157 g/mol. The van der Waals surface area contributed by atoms with E-state index < -0.39 is 0 Å². The maximum absolute atomic E-state index is 10.8. The van der Waals surface area contributed by atoms with Gasteiger partial charge >= 0.3 is 0 Å². The number of Topliss-reactive ketones (excluding diaryl/α,β-unsaturated/α-hetero) is 1. The highest BCUT2D eigenvalue weighted by atomic mass is 16.2. The lowest BCUT2D eigenvalue weighted by atomic mass is 10.3. The minimum absolute atomic E-state index is 0.0259. The molecule has 0 saturated carbocycles. The summed E-state index contributed by atoms with van der Waals surface area (Å²) in [4.78, 5) is 23.0. The van der Waals surface area contributed by atoms with E-state index in [1.54, 1.807) is 4.90 Å². The van der Waals surface area contributed by atoms with Crippen LogP contribution in [-0.2, 0) is 9.59 Å². The van der Waals surface area contributed by atoms with Crippen molar-refractivity contribution >= 4 is 11.7 Å². The Hall–Kier alpha value is -0.860. The van der Waals surface area contributed by atoms with Crippen molar-refractivity contribution in [3.63, 3.8) is 0 Å². The third kappa shape index (κ3) is 4.53. The molecule has 0 fully saturated rings. The molecule has 0 aliphatic carbocycles. The van der Waals surface area contributed by atoms with Crippen LogP contribution in [0.4, 0.5) is 0 Å². The van der Waals surface area contributed by atoms with Crippen LogP contribution in [0.3, 0.4) is 0 Å².